The average molecular weight is 303 g/mol. The SMILES string of the molecule is Cc1cccc(C(O)c2c(C)c(C)c(C)c(C)c2C)c1Cl. The minimum absolute atomic E-state index is 0.652. The van der Waals surface area contributed by atoms with Crippen molar-refractivity contribution in [2.24, 2.45) is 0 Å². The molecule has 0 heterocycles. The number of benzene rings is 2. The highest BCUT2D eigenvalue weighted by atomic mass is 35.5. The van der Waals surface area contributed by atoms with Crippen molar-refractivity contribution in [2.75, 3.05) is 0 Å². The van der Waals surface area contributed by atoms with E-state index in [1.807, 2.05) is 25.1 Å². The van der Waals surface area contributed by atoms with Crippen molar-refractivity contribution in [2.45, 2.75) is 47.6 Å². The van der Waals surface area contributed by atoms with Crippen molar-refractivity contribution < 1.29 is 5.11 Å². The Kier molecular flexibility index (Phi) is 4.46. The highest BCUT2D eigenvalue weighted by Crippen LogP contribution is 2.36. The van der Waals surface area contributed by atoms with Gasteiger partial charge in [0, 0.05) is 10.6 Å². The summed E-state index contributed by atoms with van der Waals surface area (Å²) < 4.78 is 0. The monoisotopic (exact) mass is 302 g/mol. The van der Waals surface area contributed by atoms with Gasteiger partial charge in [-0.05, 0) is 80.5 Å². The van der Waals surface area contributed by atoms with E-state index >= 15 is 0 Å². The second-order valence-electron chi connectivity index (χ2n) is 5.92. The molecule has 2 aromatic carbocycles. The number of aliphatic hydroxyl groups is 1. The fourth-order valence-corrected chi connectivity index (χ4v) is 3.21. The second-order valence-corrected chi connectivity index (χ2v) is 6.30. The molecule has 1 atom stereocenters. The van der Waals surface area contributed by atoms with Gasteiger partial charge >= 0.3 is 0 Å². The summed E-state index contributed by atoms with van der Waals surface area (Å²) in [6, 6.07) is 5.81. The molecule has 0 aromatic heterocycles. The van der Waals surface area contributed by atoms with E-state index in [9.17, 15) is 5.11 Å². The van der Waals surface area contributed by atoms with Crippen LogP contribution >= 0.6 is 11.6 Å². The summed E-state index contributed by atoms with van der Waals surface area (Å²) in [5.41, 5.74) is 8.86. The molecule has 112 valence electrons. The van der Waals surface area contributed by atoms with E-state index in [4.69, 9.17) is 11.6 Å². The van der Waals surface area contributed by atoms with Crippen LogP contribution in [-0.4, -0.2) is 5.11 Å². The van der Waals surface area contributed by atoms with Crippen LogP contribution in [0.5, 0.6) is 0 Å². The van der Waals surface area contributed by atoms with Crippen LogP contribution < -0.4 is 0 Å². The third-order valence-electron chi connectivity index (χ3n) is 4.85. The molecule has 1 N–H and O–H groups in total. The Morgan fingerprint density at radius 3 is 1.81 bits per heavy atom. The van der Waals surface area contributed by atoms with Crippen LogP contribution in [0.1, 0.15) is 50.6 Å². The fraction of sp³-hybridized carbons (Fsp3) is 0.368. The Balaban J connectivity index is 2.70. The number of halogens is 1. The highest BCUT2D eigenvalue weighted by Gasteiger charge is 2.22. The van der Waals surface area contributed by atoms with Gasteiger partial charge in [0.05, 0.1) is 0 Å². The molecule has 2 heteroatoms. The Bertz CT molecular complexity index is 672. The van der Waals surface area contributed by atoms with E-state index in [2.05, 4.69) is 34.6 Å². The minimum Gasteiger partial charge on any atom is -0.384 e. The van der Waals surface area contributed by atoms with E-state index in [1.54, 1.807) is 0 Å². The molecule has 21 heavy (non-hydrogen) atoms. The van der Waals surface area contributed by atoms with Crippen molar-refractivity contribution in [1.82, 2.24) is 0 Å². The topological polar surface area (TPSA) is 20.2 Å². The fourth-order valence-electron chi connectivity index (χ4n) is 2.98. The summed E-state index contributed by atoms with van der Waals surface area (Å²) in [5, 5.41) is 11.6. The van der Waals surface area contributed by atoms with Crippen LogP contribution in [0.2, 0.25) is 5.02 Å². The van der Waals surface area contributed by atoms with Crippen molar-refractivity contribution in [3.8, 4) is 0 Å². The van der Waals surface area contributed by atoms with E-state index in [1.165, 1.54) is 16.7 Å². The van der Waals surface area contributed by atoms with Gasteiger partial charge < -0.3 is 5.11 Å². The van der Waals surface area contributed by atoms with Crippen molar-refractivity contribution in [1.29, 1.82) is 0 Å². The molecule has 2 aromatic rings. The molecule has 1 unspecified atom stereocenters. The lowest BCUT2D eigenvalue weighted by atomic mass is 9.85. The van der Waals surface area contributed by atoms with Gasteiger partial charge in [-0.25, -0.2) is 0 Å². The average Bonchev–Trinajstić information content (AvgIpc) is 2.46. The predicted molar refractivity (Wildman–Crippen MR) is 90.4 cm³/mol. The van der Waals surface area contributed by atoms with Gasteiger partial charge in [0.15, 0.2) is 0 Å². The smallest absolute Gasteiger partial charge is 0.106 e. The Labute approximate surface area is 132 Å². The minimum atomic E-state index is -0.685. The Morgan fingerprint density at radius 2 is 1.29 bits per heavy atom. The molecule has 0 aliphatic carbocycles. The van der Waals surface area contributed by atoms with Crippen molar-refractivity contribution >= 4 is 11.6 Å². The molecule has 0 saturated heterocycles. The normalized spacial score (nSPS) is 12.6. The summed E-state index contributed by atoms with van der Waals surface area (Å²) in [5.74, 6) is 0. The predicted octanol–water partition coefficient (Wildman–Crippen LogP) is 5.27. The molecule has 0 bridgehead atoms. The summed E-state index contributed by atoms with van der Waals surface area (Å²) >= 11 is 6.39. The van der Waals surface area contributed by atoms with Gasteiger partial charge in [0.1, 0.15) is 6.10 Å². The van der Waals surface area contributed by atoms with E-state index in [-0.39, 0.29) is 0 Å². The first-order valence-electron chi connectivity index (χ1n) is 7.27. The Hall–Kier alpha value is -1.31. The maximum Gasteiger partial charge on any atom is 0.106 e. The van der Waals surface area contributed by atoms with Gasteiger partial charge in [-0.1, -0.05) is 29.8 Å². The van der Waals surface area contributed by atoms with Gasteiger partial charge in [-0.3, -0.25) is 0 Å². The highest BCUT2D eigenvalue weighted by molar-refractivity contribution is 6.32. The van der Waals surface area contributed by atoms with Crippen LogP contribution in [0.15, 0.2) is 18.2 Å². The van der Waals surface area contributed by atoms with Crippen molar-refractivity contribution in [3.63, 3.8) is 0 Å². The zero-order chi connectivity index (χ0) is 15.9. The zero-order valence-corrected chi connectivity index (χ0v) is 14.4. The first kappa shape index (κ1) is 16.1. The number of hydrogen-bond acceptors (Lipinski definition) is 1. The molecule has 0 amide bonds. The quantitative estimate of drug-likeness (QED) is 0.801. The van der Waals surface area contributed by atoms with Crippen LogP contribution in [0.25, 0.3) is 0 Å². The maximum atomic E-state index is 10.9. The molecular weight excluding hydrogens is 280 g/mol. The third kappa shape index (κ3) is 2.61. The molecule has 0 saturated carbocycles. The van der Waals surface area contributed by atoms with Crippen LogP contribution in [0.4, 0.5) is 0 Å². The maximum absolute atomic E-state index is 10.9. The number of aryl methyl sites for hydroxylation is 1. The number of hydrogen-bond donors (Lipinski definition) is 1. The summed E-state index contributed by atoms with van der Waals surface area (Å²) in [6.45, 7) is 12.5. The molecule has 1 nitrogen and oxygen atoms in total. The molecule has 0 aliphatic heterocycles. The molecule has 0 spiro atoms. The third-order valence-corrected chi connectivity index (χ3v) is 5.36. The van der Waals surface area contributed by atoms with Crippen LogP contribution in [-0.2, 0) is 0 Å². The van der Waals surface area contributed by atoms with Crippen LogP contribution in [0.3, 0.4) is 0 Å². The van der Waals surface area contributed by atoms with E-state index in [0.717, 1.165) is 27.8 Å². The molecule has 0 fully saturated rings. The van der Waals surface area contributed by atoms with Gasteiger partial charge in [-0.15, -0.1) is 0 Å². The van der Waals surface area contributed by atoms with E-state index in [0.29, 0.717) is 5.02 Å². The number of rotatable bonds is 2. The standard InChI is InChI=1S/C19H23ClO/c1-10-8-7-9-16(18(10)20)19(21)17-14(5)12(3)11(2)13(4)15(17)6/h7-9,19,21H,1-6H3. The lowest BCUT2D eigenvalue weighted by Gasteiger charge is -2.23. The first-order chi connectivity index (χ1) is 9.77. The van der Waals surface area contributed by atoms with Gasteiger partial charge in [-0.2, -0.15) is 0 Å². The second kappa shape index (κ2) is 5.82. The van der Waals surface area contributed by atoms with Gasteiger partial charge in [0.25, 0.3) is 0 Å². The zero-order valence-electron chi connectivity index (χ0n) is 13.6. The molecule has 0 radical (unpaired) electrons. The summed E-state index contributed by atoms with van der Waals surface area (Å²) in [4.78, 5) is 0. The van der Waals surface area contributed by atoms with Gasteiger partial charge in [0.2, 0.25) is 0 Å². The lowest BCUT2D eigenvalue weighted by molar-refractivity contribution is 0.218. The molecular formula is C19H23ClO. The first-order valence-corrected chi connectivity index (χ1v) is 7.65. The molecule has 2 rings (SSSR count). The molecule has 0 aliphatic rings. The largest absolute Gasteiger partial charge is 0.384 e. The van der Waals surface area contributed by atoms with E-state index < -0.39 is 6.10 Å². The Morgan fingerprint density at radius 1 is 0.810 bits per heavy atom. The van der Waals surface area contributed by atoms with Crippen molar-refractivity contribution in [3.05, 3.63) is 67.7 Å². The number of aliphatic hydroxyl groups excluding tert-OH is 1. The summed E-state index contributed by atoms with van der Waals surface area (Å²) in [6.07, 6.45) is -0.685. The lowest BCUT2D eigenvalue weighted by Crippen LogP contribution is -2.10. The summed E-state index contributed by atoms with van der Waals surface area (Å²) in [7, 11) is 0. The van der Waals surface area contributed by atoms with Crippen LogP contribution in [0, 0.1) is 41.5 Å².